The molecule has 7 heteroatoms. The fraction of sp³-hybridized carbons (Fsp3) is 0.750. The van der Waals surface area contributed by atoms with Crippen LogP contribution >= 0.6 is 0 Å². The predicted molar refractivity (Wildman–Crippen MR) is 66.2 cm³/mol. The van der Waals surface area contributed by atoms with Crippen molar-refractivity contribution in [2.24, 2.45) is 5.73 Å². The van der Waals surface area contributed by atoms with Crippen LogP contribution in [0.25, 0.3) is 0 Å². The van der Waals surface area contributed by atoms with Gasteiger partial charge in [0.25, 0.3) is 0 Å². The molecule has 0 aromatic heterocycles. The Bertz CT molecular complexity index is 330. The standard InChI is InChI=1S/C12H21NO6/c1-7(14)11-9(17-2)6-8(13)12(19-11)18-5-3-4-10(15)16/h6-7,9,11-12,14H,3-5,13H2,1-2H3,(H,15,16)/t7?,9-,11?,12-/m1/s1. The Kier molecular flexibility index (Phi) is 6.23. The van der Waals surface area contributed by atoms with Crippen LogP contribution in [0, 0.1) is 0 Å². The normalized spacial score (nSPS) is 28.8. The lowest BCUT2D eigenvalue weighted by atomic mass is 10.1. The number of aliphatic hydroxyl groups excluding tert-OH is 1. The number of hydrogen-bond acceptors (Lipinski definition) is 6. The van der Waals surface area contributed by atoms with Crippen molar-refractivity contribution in [3.05, 3.63) is 11.8 Å². The maximum atomic E-state index is 10.4. The molecule has 0 radical (unpaired) electrons. The van der Waals surface area contributed by atoms with Crippen LogP contribution in [0.2, 0.25) is 0 Å². The summed E-state index contributed by atoms with van der Waals surface area (Å²) in [5.74, 6) is -0.877. The average molecular weight is 275 g/mol. The molecule has 2 unspecified atom stereocenters. The van der Waals surface area contributed by atoms with E-state index in [1.807, 2.05) is 0 Å². The summed E-state index contributed by atoms with van der Waals surface area (Å²) in [7, 11) is 1.50. The molecule has 0 aromatic rings. The molecule has 0 spiro atoms. The molecule has 0 bridgehead atoms. The number of carboxylic acids is 1. The SMILES string of the molecule is CO[C@@H]1C=C(N)[C@H](OCCCC(=O)O)OC1C(C)O. The van der Waals surface area contributed by atoms with E-state index in [0.29, 0.717) is 12.1 Å². The second-order valence-electron chi connectivity index (χ2n) is 4.41. The quantitative estimate of drug-likeness (QED) is 0.553. The fourth-order valence-corrected chi connectivity index (χ4v) is 1.80. The summed E-state index contributed by atoms with van der Waals surface area (Å²) in [5, 5.41) is 18.1. The Morgan fingerprint density at radius 3 is 2.84 bits per heavy atom. The van der Waals surface area contributed by atoms with Gasteiger partial charge in [-0.2, -0.15) is 0 Å². The van der Waals surface area contributed by atoms with E-state index in [2.05, 4.69) is 0 Å². The molecule has 19 heavy (non-hydrogen) atoms. The third-order valence-corrected chi connectivity index (χ3v) is 2.79. The fourth-order valence-electron chi connectivity index (χ4n) is 1.80. The number of rotatable bonds is 7. The van der Waals surface area contributed by atoms with Crippen LogP contribution in [0.15, 0.2) is 11.8 Å². The lowest BCUT2D eigenvalue weighted by Crippen LogP contribution is -2.47. The number of carboxylic acid groups (broad SMARTS) is 1. The molecule has 0 amide bonds. The van der Waals surface area contributed by atoms with Crippen molar-refractivity contribution >= 4 is 5.97 Å². The Morgan fingerprint density at radius 1 is 1.63 bits per heavy atom. The topological polar surface area (TPSA) is 111 Å². The van der Waals surface area contributed by atoms with Gasteiger partial charge in [-0.05, 0) is 19.4 Å². The van der Waals surface area contributed by atoms with E-state index in [1.165, 1.54) is 7.11 Å². The first-order valence-electron chi connectivity index (χ1n) is 6.12. The van der Waals surface area contributed by atoms with Crippen molar-refractivity contribution in [1.82, 2.24) is 0 Å². The zero-order chi connectivity index (χ0) is 14.4. The number of ether oxygens (including phenoxy) is 3. The maximum Gasteiger partial charge on any atom is 0.303 e. The molecule has 1 heterocycles. The summed E-state index contributed by atoms with van der Waals surface area (Å²) in [6.45, 7) is 1.81. The highest BCUT2D eigenvalue weighted by molar-refractivity contribution is 5.66. The largest absolute Gasteiger partial charge is 0.481 e. The van der Waals surface area contributed by atoms with Crippen LogP contribution < -0.4 is 5.73 Å². The zero-order valence-electron chi connectivity index (χ0n) is 11.1. The minimum Gasteiger partial charge on any atom is -0.481 e. The van der Waals surface area contributed by atoms with E-state index in [9.17, 15) is 9.90 Å². The summed E-state index contributed by atoms with van der Waals surface area (Å²) < 4.78 is 16.1. The number of hydrogen-bond donors (Lipinski definition) is 3. The van der Waals surface area contributed by atoms with Gasteiger partial charge in [0.05, 0.1) is 18.4 Å². The number of nitrogens with two attached hydrogens (primary N) is 1. The van der Waals surface area contributed by atoms with Gasteiger partial charge >= 0.3 is 5.97 Å². The van der Waals surface area contributed by atoms with Gasteiger partial charge in [-0.3, -0.25) is 4.79 Å². The molecule has 4 atom stereocenters. The highest BCUT2D eigenvalue weighted by Gasteiger charge is 2.34. The van der Waals surface area contributed by atoms with E-state index >= 15 is 0 Å². The van der Waals surface area contributed by atoms with E-state index in [0.717, 1.165) is 0 Å². The summed E-state index contributed by atoms with van der Waals surface area (Å²) in [4.78, 5) is 10.4. The minimum absolute atomic E-state index is 0.0247. The average Bonchev–Trinajstić information content (AvgIpc) is 2.34. The predicted octanol–water partition coefficient (Wildman–Crippen LogP) is -0.169. The maximum absolute atomic E-state index is 10.4. The number of aliphatic carboxylic acids is 1. The lowest BCUT2D eigenvalue weighted by molar-refractivity contribution is -0.204. The van der Waals surface area contributed by atoms with E-state index in [4.69, 9.17) is 25.1 Å². The number of carbonyl (C=O) groups is 1. The highest BCUT2D eigenvalue weighted by Crippen LogP contribution is 2.22. The number of aliphatic hydroxyl groups is 1. The van der Waals surface area contributed by atoms with Crippen LogP contribution in [-0.4, -0.2) is 54.5 Å². The molecule has 1 rings (SSSR count). The van der Waals surface area contributed by atoms with Gasteiger partial charge in [0.15, 0.2) is 6.29 Å². The molecule has 0 fully saturated rings. The molecule has 0 saturated heterocycles. The van der Waals surface area contributed by atoms with Gasteiger partial charge in [0, 0.05) is 13.5 Å². The first-order valence-corrected chi connectivity index (χ1v) is 6.12. The van der Waals surface area contributed by atoms with Crippen LogP contribution in [0.3, 0.4) is 0 Å². The van der Waals surface area contributed by atoms with Gasteiger partial charge < -0.3 is 30.2 Å². The first-order chi connectivity index (χ1) is 8.95. The molecular weight excluding hydrogens is 254 g/mol. The van der Waals surface area contributed by atoms with Gasteiger partial charge in [-0.25, -0.2) is 0 Å². The van der Waals surface area contributed by atoms with Crippen molar-refractivity contribution in [2.45, 2.75) is 44.4 Å². The highest BCUT2D eigenvalue weighted by atomic mass is 16.7. The summed E-state index contributed by atoms with van der Waals surface area (Å²) >= 11 is 0. The molecule has 4 N–H and O–H groups in total. The van der Waals surface area contributed by atoms with Crippen molar-refractivity contribution in [3.63, 3.8) is 0 Å². The molecule has 0 saturated carbocycles. The van der Waals surface area contributed by atoms with Crippen LogP contribution in [0.5, 0.6) is 0 Å². The molecule has 0 aromatic carbocycles. The number of methoxy groups -OCH3 is 1. The molecule has 110 valence electrons. The van der Waals surface area contributed by atoms with Gasteiger partial charge in [-0.1, -0.05) is 0 Å². The summed E-state index contributed by atoms with van der Waals surface area (Å²) in [6, 6.07) is 0. The van der Waals surface area contributed by atoms with E-state index in [1.54, 1.807) is 13.0 Å². The summed E-state index contributed by atoms with van der Waals surface area (Å²) in [5.41, 5.74) is 6.14. The van der Waals surface area contributed by atoms with Crippen LogP contribution in [0.1, 0.15) is 19.8 Å². The Balaban J connectivity index is 2.52. The second-order valence-corrected chi connectivity index (χ2v) is 4.41. The monoisotopic (exact) mass is 275 g/mol. The second kappa shape index (κ2) is 7.44. The molecule has 1 aliphatic rings. The third kappa shape index (κ3) is 4.79. The van der Waals surface area contributed by atoms with Crippen LogP contribution in [0.4, 0.5) is 0 Å². The zero-order valence-corrected chi connectivity index (χ0v) is 11.1. The van der Waals surface area contributed by atoms with Gasteiger partial charge in [-0.15, -0.1) is 0 Å². The van der Waals surface area contributed by atoms with Crippen molar-refractivity contribution in [2.75, 3.05) is 13.7 Å². The van der Waals surface area contributed by atoms with Crippen molar-refractivity contribution in [3.8, 4) is 0 Å². The first kappa shape index (κ1) is 15.9. The summed E-state index contributed by atoms with van der Waals surface area (Å²) in [6.07, 6.45) is -0.477. The van der Waals surface area contributed by atoms with Crippen molar-refractivity contribution < 1.29 is 29.2 Å². The lowest BCUT2D eigenvalue weighted by Gasteiger charge is -2.35. The Hall–Kier alpha value is -1.15. The van der Waals surface area contributed by atoms with E-state index in [-0.39, 0.29) is 13.0 Å². The molecule has 1 aliphatic heterocycles. The smallest absolute Gasteiger partial charge is 0.303 e. The third-order valence-electron chi connectivity index (χ3n) is 2.79. The minimum atomic E-state index is -0.877. The molecular formula is C12H21NO6. The van der Waals surface area contributed by atoms with Gasteiger partial charge in [0.2, 0.25) is 0 Å². The van der Waals surface area contributed by atoms with Gasteiger partial charge in [0.1, 0.15) is 12.2 Å². The Morgan fingerprint density at radius 2 is 2.32 bits per heavy atom. The van der Waals surface area contributed by atoms with Crippen LogP contribution in [-0.2, 0) is 19.0 Å². The van der Waals surface area contributed by atoms with Crippen molar-refractivity contribution in [1.29, 1.82) is 0 Å². The Labute approximate surface area is 111 Å². The van der Waals surface area contributed by atoms with E-state index < -0.39 is 30.6 Å². The molecule has 0 aliphatic carbocycles. The molecule has 7 nitrogen and oxygen atoms in total.